The number of pyridine rings is 1. The molecule has 0 aliphatic heterocycles. The molecule has 0 bridgehead atoms. The van der Waals surface area contributed by atoms with Crippen LogP contribution in [-0.4, -0.2) is 25.8 Å². The minimum Gasteiger partial charge on any atom is -0.374 e. The van der Waals surface area contributed by atoms with E-state index in [1.807, 2.05) is 84.4 Å². The number of aromatic nitrogens is 3. The number of aliphatic hydroxyl groups is 1. The van der Waals surface area contributed by atoms with E-state index in [2.05, 4.69) is 34.6 Å². The number of halogens is 1. The first-order chi connectivity index (χ1) is 20.8. The van der Waals surface area contributed by atoms with E-state index in [4.69, 9.17) is 11.6 Å². The average molecular weight is 589 g/mol. The number of aryl methyl sites for hydroxylation is 2. The number of nitrogens with zero attached hydrogens (tertiary/aromatic N) is 3. The zero-order valence-electron chi connectivity index (χ0n) is 24.2. The predicted octanol–water partition coefficient (Wildman–Crippen LogP) is 6.21. The van der Waals surface area contributed by atoms with Crippen molar-refractivity contribution in [3.8, 4) is 11.1 Å². The number of imidazole rings is 1. The molecule has 6 nitrogen and oxygen atoms in total. The van der Waals surface area contributed by atoms with Gasteiger partial charge >= 0.3 is 0 Å². The highest BCUT2D eigenvalue weighted by Crippen LogP contribution is 2.39. The second-order valence-corrected chi connectivity index (χ2v) is 11.3. The van der Waals surface area contributed by atoms with Gasteiger partial charge in [0.05, 0.1) is 23.7 Å². The molecule has 4 aromatic carbocycles. The zero-order valence-corrected chi connectivity index (χ0v) is 24.9. The Bertz CT molecular complexity index is 1950. The van der Waals surface area contributed by atoms with Crippen LogP contribution in [-0.2, 0) is 32.7 Å². The van der Waals surface area contributed by atoms with Crippen LogP contribution in [0, 0.1) is 0 Å². The van der Waals surface area contributed by atoms with Crippen molar-refractivity contribution in [3.05, 3.63) is 159 Å². The van der Waals surface area contributed by atoms with Gasteiger partial charge in [-0.05, 0) is 70.6 Å². The van der Waals surface area contributed by atoms with E-state index >= 15 is 0 Å². The van der Waals surface area contributed by atoms with Crippen LogP contribution < -0.4 is 10.9 Å². The Hall–Kier alpha value is -4.49. The van der Waals surface area contributed by atoms with Crippen LogP contribution in [0.5, 0.6) is 0 Å². The third-order valence-electron chi connectivity index (χ3n) is 8.12. The molecule has 0 saturated carbocycles. The van der Waals surface area contributed by atoms with Crippen molar-refractivity contribution in [3.63, 3.8) is 0 Å². The highest BCUT2D eigenvalue weighted by atomic mass is 35.5. The maximum absolute atomic E-state index is 12.9. The van der Waals surface area contributed by atoms with E-state index in [9.17, 15) is 9.90 Å². The Morgan fingerprint density at radius 1 is 0.860 bits per heavy atom. The zero-order chi connectivity index (χ0) is 30.0. The lowest BCUT2D eigenvalue weighted by Gasteiger charge is -2.30. The smallest absolute Gasteiger partial charge is 0.251 e. The number of hydrogen-bond donors (Lipinski definition) is 2. The molecule has 216 valence electrons. The van der Waals surface area contributed by atoms with Crippen LogP contribution >= 0.6 is 11.6 Å². The standard InChI is InChI=1S/C36H33ClN4O2/c1-40-24-39-23-34(40)36(43,28-13-11-26(12-14-28)22-38-18-17-25-7-4-3-5-8-25)29-15-16-33-32(20-29)31(21-35(42)41(33)2)27-9-6-10-30(37)19-27/h3-16,19-21,23-24,38,43H,17-18,22H2,1-2H3. The van der Waals surface area contributed by atoms with Gasteiger partial charge in [0, 0.05) is 37.1 Å². The SMILES string of the molecule is Cn1cncc1C(O)(c1ccc(CNCCc2ccccc2)cc1)c1ccc2c(c1)c(-c1cccc(Cl)c1)cc(=O)n2C. The molecule has 43 heavy (non-hydrogen) atoms. The molecule has 6 rings (SSSR count). The van der Waals surface area contributed by atoms with Gasteiger partial charge in [0.1, 0.15) is 0 Å². The number of benzene rings is 4. The largest absolute Gasteiger partial charge is 0.374 e. The van der Waals surface area contributed by atoms with Gasteiger partial charge in [-0.1, -0.05) is 84.4 Å². The van der Waals surface area contributed by atoms with Gasteiger partial charge in [-0.2, -0.15) is 0 Å². The van der Waals surface area contributed by atoms with Crippen LogP contribution in [0.1, 0.15) is 27.9 Å². The van der Waals surface area contributed by atoms with E-state index < -0.39 is 5.60 Å². The van der Waals surface area contributed by atoms with Crippen LogP contribution in [0.25, 0.3) is 22.0 Å². The highest BCUT2D eigenvalue weighted by molar-refractivity contribution is 6.30. The molecule has 0 saturated heterocycles. The van der Waals surface area contributed by atoms with E-state index in [-0.39, 0.29) is 5.56 Å². The first-order valence-corrected chi connectivity index (χ1v) is 14.7. The minimum absolute atomic E-state index is 0.120. The number of nitrogens with one attached hydrogen (secondary N) is 1. The lowest BCUT2D eigenvalue weighted by molar-refractivity contribution is 0.117. The highest BCUT2D eigenvalue weighted by Gasteiger charge is 2.37. The van der Waals surface area contributed by atoms with Gasteiger partial charge < -0.3 is 19.6 Å². The summed E-state index contributed by atoms with van der Waals surface area (Å²) >= 11 is 6.33. The summed E-state index contributed by atoms with van der Waals surface area (Å²) in [4.78, 5) is 17.2. The second kappa shape index (κ2) is 12.0. The molecule has 0 amide bonds. The quantitative estimate of drug-likeness (QED) is 0.197. The topological polar surface area (TPSA) is 72.1 Å². The molecule has 2 aromatic heterocycles. The van der Waals surface area contributed by atoms with Crippen molar-refractivity contribution < 1.29 is 5.11 Å². The van der Waals surface area contributed by atoms with Gasteiger partial charge in [-0.3, -0.25) is 4.79 Å². The lowest BCUT2D eigenvalue weighted by atomic mass is 9.82. The lowest BCUT2D eigenvalue weighted by Crippen LogP contribution is -2.31. The summed E-state index contributed by atoms with van der Waals surface area (Å²) in [6.07, 6.45) is 4.35. The minimum atomic E-state index is -1.50. The van der Waals surface area contributed by atoms with Gasteiger partial charge in [0.15, 0.2) is 5.60 Å². The second-order valence-electron chi connectivity index (χ2n) is 10.9. The Labute approximate surface area is 255 Å². The van der Waals surface area contributed by atoms with Crippen molar-refractivity contribution in [2.75, 3.05) is 6.54 Å². The van der Waals surface area contributed by atoms with Crippen molar-refractivity contribution in [2.24, 2.45) is 14.1 Å². The molecule has 0 fully saturated rings. The van der Waals surface area contributed by atoms with Crippen molar-refractivity contribution in [1.82, 2.24) is 19.4 Å². The molecule has 1 unspecified atom stereocenters. The predicted molar refractivity (Wildman–Crippen MR) is 173 cm³/mol. The molecular weight excluding hydrogens is 556 g/mol. The van der Waals surface area contributed by atoms with E-state index in [1.54, 1.807) is 30.2 Å². The molecule has 0 aliphatic carbocycles. The van der Waals surface area contributed by atoms with Gasteiger partial charge in [0.25, 0.3) is 5.56 Å². The molecule has 2 heterocycles. The van der Waals surface area contributed by atoms with E-state index in [0.29, 0.717) is 16.3 Å². The maximum atomic E-state index is 12.9. The third-order valence-corrected chi connectivity index (χ3v) is 8.36. The van der Waals surface area contributed by atoms with Crippen molar-refractivity contribution in [1.29, 1.82) is 0 Å². The van der Waals surface area contributed by atoms with Gasteiger partial charge in [-0.15, -0.1) is 0 Å². The van der Waals surface area contributed by atoms with Crippen LogP contribution in [0.3, 0.4) is 0 Å². The van der Waals surface area contributed by atoms with Crippen molar-refractivity contribution >= 4 is 22.5 Å². The summed E-state index contributed by atoms with van der Waals surface area (Å²) in [5.74, 6) is 0. The fourth-order valence-corrected chi connectivity index (χ4v) is 5.91. The monoisotopic (exact) mass is 588 g/mol. The fraction of sp³-hybridized carbons (Fsp3) is 0.167. The van der Waals surface area contributed by atoms with E-state index in [0.717, 1.165) is 52.7 Å². The van der Waals surface area contributed by atoms with Crippen molar-refractivity contribution in [2.45, 2.75) is 18.6 Å². The summed E-state index contributed by atoms with van der Waals surface area (Å²) in [6.45, 7) is 1.60. The van der Waals surface area contributed by atoms with E-state index in [1.165, 1.54) is 5.56 Å². The Balaban J connectivity index is 1.38. The molecule has 0 radical (unpaired) electrons. The Morgan fingerprint density at radius 2 is 1.63 bits per heavy atom. The summed E-state index contributed by atoms with van der Waals surface area (Å²) in [7, 11) is 3.63. The Morgan fingerprint density at radius 3 is 2.35 bits per heavy atom. The van der Waals surface area contributed by atoms with Crippen LogP contribution in [0.4, 0.5) is 0 Å². The molecule has 7 heteroatoms. The number of fused-ring (bicyclic) bond motifs is 1. The Kier molecular flexibility index (Phi) is 8.00. The summed E-state index contributed by atoms with van der Waals surface area (Å²) < 4.78 is 3.46. The molecule has 0 aliphatic rings. The summed E-state index contributed by atoms with van der Waals surface area (Å²) in [6, 6.07) is 33.3. The first-order valence-electron chi connectivity index (χ1n) is 14.3. The first kappa shape index (κ1) is 28.6. The molecule has 0 spiro atoms. The number of rotatable bonds is 9. The average Bonchev–Trinajstić information content (AvgIpc) is 3.47. The molecular formula is C36H33ClN4O2. The summed E-state index contributed by atoms with van der Waals surface area (Å²) in [5, 5.41) is 17.6. The van der Waals surface area contributed by atoms with Gasteiger partial charge in [-0.25, -0.2) is 4.98 Å². The fourth-order valence-electron chi connectivity index (χ4n) is 5.72. The maximum Gasteiger partial charge on any atom is 0.251 e. The normalized spacial score (nSPS) is 12.8. The number of hydrogen-bond acceptors (Lipinski definition) is 4. The molecule has 6 aromatic rings. The van der Waals surface area contributed by atoms with Crippen LogP contribution in [0.2, 0.25) is 5.02 Å². The summed E-state index contributed by atoms with van der Waals surface area (Å²) in [5.41, 5.74) is 5.18. The molecule has 1 atom stereocenters. The molecule has 2 N–H and O–H groups in total. The van der Waals surface area contributed by atoms with Gasteiger partial charge in [0.2, 0.25) is 0 Å². The van der Waals surface area contributed by atoms with Crippen LogP contribution in [0.15, 0.2) is 120 Å². The third kappa shape index (κ3) is 5.65.